The number of nitrogens with zero attached hydrogens (tertiary/aromatic N) is 1. The molecule has 2 heterocycles. The highest BCUT2D eigenvalue weighted by Crippen LogP contribution is 2.33. The van der Waals surface area contributed by atoms with Crippen LogP contribution in [0.1, 0.15) is 13.3 Å². The first-order valence-electron chi connectivity index (χ1n) is 5.33. The lowest BCUT2D eigenvalue weighted by Gasteiger charge is -2.15. The van der Waals surface area contributed by atoms with E-state index in [0.29, 0.717) is 24.4 Å². The summed E-state index contributed by atoms with van der Waals surface area (Å²) in [6, 6.07) is 0. The number of rotatable bonds is 3. The van der Waals surface area contributed by atoms with E-state index < -0.39 is 0 Å². The molecular formula is C11H14N2O2S2. The minimum Gasteiger partial charge on any atom is -0.396 e. The van der Waals surface area contributed by atoms with Gasteiger partial charge in [-0.15, -0.1) is 11.3 Å². The summed E-state index contributed by atoms with van der Waals surface area (Å²) in [7, 11) is 0. The second kappa shape index (κ2) is 5.10. The maximum atomic E-state index is 11.9. The number of carbonyl (C=O) groups excluding carboxylic acids is 2. The van der Waals surface area contributed by atoms with Gasteiger partial charge in [0.2, 0.25) is 5.91 Å². The van der Waals surface area contributed by atoms with Gasteiger partial charge >= 0.3 is 0 Å². The van der Waals surface area contributed by atoms with Gasteiger partial charge in [-0.1, -0.05) is 11.8 Å². The van der Waals surface area contributed by atoms with E-state index in [1.807, 2.05) is 10.8 Å². The summed E-state index contributed by atoms with van der Waals surface area (Å²) in [5.74, 6) is 1.06. The number of nitrogen functional groups attached to an aromatic ring is 1. The number of hydrogen-bond donors (Lipinski definition) is 1. The number of amides is 1. The number of carbonyl (C=O) groups is 2. The molecule has 0 saturated carbocycles. The molecule has 0 bridgehead atoms. The van der Waals surface area contributed by atoms with Crippen molar-refractivity contribution in [2.45, 2.75) is 13.3 Å². The van der Waals surface area contributed by atoms with Crippen LogP contribution in [-0.4, -0.2) is 23.3 Å². The largest absolute Gasteiger partial charge is 0.396 e. The molecule has 0 aliphatic carbocycles. The molecular weight excluding hydrogens is 256 g/mol. The maximum Gasteiger partial charge on any atom is 0.227 e. The zero-order valence-corrected chi connectivity index (χ0v) is 11.1. The molecule has 0 aromatic carbocycles. The Morgan fingerprint density at radius 2 is 2.41 bits per heavy atom. The van der Waals surface area contributed by atoms with Gasteiger partial charge in [0.05, 0.1) is 11.4 Å². The number of nitrogens with two attached hydrogens (primary N) is 1. The van der Waals surface area contributed by atoms with Gasteiger partial charge in [0.15, 0.2) is 5.12 Å². The lowest BCUT2D eigenvalue weighted by Crippen LogP contribution is -2.25. The highest BCUT2D eigenvalue weighted by Gasteiger charge is 2.31. The second-order valence-electron chi connectivity index (χ2n) is 4.09. The van der Waals surface area contributed by atoms with Crippen molar-refractivity contribution >= 4 is 45.5 Å². The van der Waals surface area contributed by atoms with E-state index in [-0.39, 0.29) is 16.9 Å². The summed E-state index contributed by atoms with van der Waals surface area (Å²) in [6.45, 7) is 2.22. The van der Waals surface area contributed by atoms with Crippen LogP contribution >= 0.6 is 23.1 Å². The van der Waals surface area contributed by atoms with Crippen molar-refractivity contribution in [3.8, 4) is 0 Å². The summed E-state index contributed by atoms with van der Waals surface area (Å²) < 4.78 is 0. The van der Waals surface area contributed by atoms with Crippen molar-refractivity contribution < 1.29 is 9.59 Å². The predicted molar refractivity (Wildman–Crippen MR) is 72.3 cm³/mol. The first-order chi connectivity index (χ1) is 8.08. The lowest BCUT2D eigenvalue weighted by atomic mass is 10.1. The van der Waals surface area contributed by atoms with E-state index in [4.69, 9.17) is 5.73 Å². The molecule has 1 aliphatic heterocycles. The summed E-state index contributed by atoms with van der Waals surface area (Å²) in [6.07, 6.45) is 0.509. The average molecular weight is 270 g/mol. The zero-order valence-electron chi connectivity index (χ0n) is 9.51. The van der Waals surface area contributed by atoms with E-state index in [0.717, 1.165) is 5.69 Å². The fourth-order valence-electron chi connectivity index (χ4n) is 1.88. The highest BCUT2D eigenvalue weighted by atomic mass is 32.2. The third kappa shape index (κ3) is 2.81. The third-order valence-corrected chi connectivity index (χ3v) is 4.48. The molecule has 1 aromatic rings. The number of thiophene rings is 1. The molecule has 2 N–H and O–H groups in total. The van der Waals surface area contributed by atoms with Gasteiger partial charge in [-0.05, 0) is 5.92 Å². The lowest BCUT2D eigenvalue weighted by molar-refractivity contribution is -0.117. The van der Waals surface area contributed by atoms with E-state index in [1.165, 1.54) is 23.1 Å². The first kappa shape index (κ1) is 12.4. The molecule has 2 rings (SSSR count). The van der Waals surface area contributed by atoms with Crippen LogP contribution in [0.5, 0.6) is 0 Å². The van der Waals surface area contributed by atoms with Crippen molar-refractivity contribution in [3.05, 3.63) is 10.8 Å². The van der Waals surface area contributed by atoms with Gasteiger partial charge < -0.3 is 10.6 Å². The van der Waals surface area contributed by atoms with Gasteiger partial charge in [0.25, 0.3) is 0 Å². The van der Waals surface area contributed by atoms with E-state index in [2.05, 4.69) is 0 Å². The maximum absolute atomic E-state index is 11.9. The minimum absolute atomic E-state index is 0.101. The van der Waals surface area contributed by atoms with Gasteiger partial charge in [-0.25, -0.2) is 0 Å². The van der Waals surface area contributed by atoms with E-state index >= 15 is 0 Å². The molecule has 0 spiro atoms. The van der Waals surface area contributed by atoms with E-state index in [9.17, 15) is 9.59 Å². The molecule has 17 heavy (non-hydrogen) atoms. The normalized spacial score (nSPS) is 19.9. The summed E-state index contributed by atoms with van der Waals surface area (Å²) >= 11 is 2.78. The molecule has 4 nitrogen and oxygen atoms in total. The first-order valence-corrected chi connectivity index (χ1v) is 7.26. The molecule has 1 saturated heterocycles. The molecule has 1 unspecified atom stereocenters. The quantitative estimate of drug-likeness (QED) is 0.912. The van der Waals surface area contributed by atoms with Crippen molar-refractivity contribution in [2.75, 3.05) is 22.9 Å². The SMILES string of the molecule is CC(=O)SCC1CC(=O)N(c2cscc2N)C1. The summed E-state index contributed by atoms with van der Waals surface area (Å²) in [5, 5.41) is 3.83. The van der Waals surface area contributed by atoms with Crippen molar-refractivity contribution in [1.29, 1.82) is 0 Å². The van der Waals surface area contributed by atoms with Crippen LogP contribution in [0.3, 0.4) is 0 Å². The van der Waals surface area contributed by atoms with Crippen LogP contribution < -0.4 is 10.6 Å². The Balaban J connectivity index is 2.01. The van der Waals surface area contributed by atoms with Crippen LogP contribution in [0, 0.1) is 5.92 Å². The third-order valence-electron chi connectivity index (χ3n) is 2.69. The number of thioether (sulfide) groups is 1. The fraction of sp³-hybridized carbons (Fsp3) is 0.455. The Hall–Kier alpha value is -1.01. The van der Waals surface area contributed by atoms with Crippen LogP contribution in [0.25, 0.3) is 0 Å². The average Bonchev–Trinajstić information content (AvgIpc) is 2.81. The van der Waals surface area contributed by atoms with Gasteiger partial charge in [0.1, 0.15) is 0 Å². The van der Waals surface area contributed by atoms with Gasteiger partial charge in [-0.3, -0.25) is 9.59 Å². The number of anilines is 2. The molecule has 0 radical (unpaired) electrons. The standard InChI is InChI=1S/C11H14N2O2S2/c1-7(14)17-4-8-2-11(15)13(3-8)10-6-16-5-9(10)12/h5-6,8H,2-4,12H2,1H3. The minimum atomic E-state index is 0.101. The molecule has 1 fully saturated rings. The van der Waals surface area contributed by atoms with E-state index in [1.54, 1.807) is 11.8 Å². The topological polar surface area (TPSA) is 63.4 Å². The molecule has 1 aliphatic rings. The van der Waals surface area contributed by atoms with Gasteiger partial charge in [-0.2, -0.15) is 0 Å². The van der Waals surface area contributed by atoms with Crippen molar-refractivity contribution in [2.24, 2.45) is 5.92 Å². The van der Waals surface area contributed by atoms with Crippen molar-refractivity contribution in [3.63, 3.8) is 0 Å². The molecule has 1 atom stereocenters. The highest BCUT2D eigenvalue weighted by molar-refractivity contribution is 8.13. The Morgan fingerprint density at radius 1 is 1.65 bits per heavy atom. The Bertz CT molecular complexity index is 444. The number of hydrogen-bond acceptors (Lipinski definition) is 5. The van der Waals surface area contributed by atoms with Crippen molar-refractivity contribution in [1.82, 2.24) is 0 Å². The Morgan fingerprint density at radius 3 is 3.00 bits per heavy atom. The monoisotopic (exact) mass is 270 g/mol. The Labute approximate surface area is 108 Å². The summed E-state index contributed by atoms with van der Waals surface area (Å²) in [4.78, 5) is 24.5. The fourth-order valence-corrected chi connectivity index (χ4v) is 3.30. The molecule has 6 heteroatoms. The molecule has 1 amide bonds. The van der Waals surface area contributed by atoms with Crippen LogP contribution in [0.2, 0.25) is 0 Å². The van der Waals surface area contributed by atoms with Crippen LogP contribution in [0.4, 0.5) is 11.4 Å². The second-order valence-corrected chi connectivity index (χ2v) is 6.03. The predicted octanol–water partition coefficient (Wildman–Crippen LogP) is 1.96. The smallest absolute Gasteiger partial charge is 0.227 e. The summed E-state index contributed by atoms with van der Waals surface area (Å²) in [5.41, 5.74) is 7.28. The zero-order chi connectivity index (χ0) is 12.4. The molecule has 92 valence electrons. The van der Waals surface area contributed by atoms with Crippen LogP contribution in [0.15, 0.2) is 10.8 Å². The molecule has 1 aromatic heterocycles. The van der Waals surface area contributed by atoms with Gasteiger partial charge in [0, 0.05) is 36.4 Å². The van der Waals surface area contributed by atoms with Crippen LogP contribution in [-0.2, 0) is 9.59 Å². The Kier molecular flexibility index (Phi) is 3.73.